The molecule has 1 aliphatic carbocycles. The highest BCUT2D eigenvalue weighted by molar-refractivity contribution is 7.47. The number of allylic oxidation sites excluding steroid dienone is 10. The molecule has 0 amide bonds. The number of hydrogen-bond donors (Lipinski definition) is 7. The Morgan fingerprint density at radius 3 is 1.67 bits per heavy atom. The normalized spacial score (nSPS) is 25.2. The number of aliphatic hydroxyl groups is 4. The second-order valence-corrected chi connectivity index (χ2v) is 19.1. The summed E-state index contributed by atoms with van der Waals surface area (Å²) in [7, 11) is -10.7. The van der Waals surface area contributed by atoms with Gasteiger partial charge in [0.1, 0.15) is 43.2 Å². The minimum atomic E-state index is -5.38. The predicted molar refractivity (Wildman–Crippen MR) is 250 cm³/mol. The van der Waals surface area contributed by atoms with Gasteiger partial charge in [0.15, 0.2) is 6.10 Å². The Balaban J connectivity index is 1.83. The van der Waals surface area contributed by atoms with Crippen LogP contribution in [0, 0.1) is 0 Å². The quantitative estimate of drug-likeness (QED) is 0.0103. The van der Waals surface area contributed by atoms with Crippen molar-refractivity contribution in [2.24, 2.45) is 0 Å². The Kier molecular flexibility index (Phi) is 31.2. The molecule has 1 aliphatic heterocycles. The highest BCUT2D eigenvalue weighted by Gasteiger charge is 2.54. The van der Waals surface area contributed by atoms with E-state index in [0.717, 1.165) is 70.6 Å². The van der Waals surface area contributed by atoms with Gasteiger partial charge in [0.2, 0.25) is 0 Å². The molecule has 2 aliphatic rings. The molecule has 0 aromatic rings. The molecule has 7 unspecified atom stereocenters. The molecule has 2 fully saturated rings. The average Bonchev–Trinajstić information content (AvgIpc) is 4.03. The zero-order valence-electron chi connectivity index (χ0n) is 38.8. The number of epoxide rings is 1. The first-order valence-electron chi connectivity index (χ1n) is 23.6. The molecule has 1 heterocycles. The molecule has 0 aromatic heterocycles. The van der Waals surface area contributed by atoms with Crippen LogP contribution in [0.15, 0.2) is 72.9 Å². The number of hydrogen-bond acceptors (Lipinski definition) is 14. The van der Waals surface area contributed by atoms with Crippen molar-refractivity contribution in [1.29, 1.82) is 0 Å². The molecule has 19 heteroatoms. The van der Waals surface area contributed by atoms with Crippen molar-refractivity contribution in [3.8, 4) is 0 Å². The van der Waals surface area contributed by atoms with Gasteiger partial charge in [0.05, 0.1) is 18.8 Å². The van der Waals surface area contributed by atoms with Crippen molar-refractivity contribution in [1.82, 2.24) is 0 Å². The number of rotatable bonds is 37. The van der Waals surface area contributed by atoms with Crippen LogP contribution >= 0.6 is 15.6 Å². The number of esters is 2. The summed E-state index contributed by atoms with van der Waals surface area (Å²) in [5.41, 5.74) is 0. The minimum Gasteiger partial charge on any atom is -0.462 e. The molecular formula is C47H78O17P2. The van der Waals surface area contributed by atoms with Crippen molar-refractivity contribution in [2.75, 3.05) is 13.2 Å². The molecule has 1 saturated heterocycles. The molecule has 2 rings (SSSR count). The van der Waals surface area contributed by atoms with Crippen LogP contribution < -0.4 is 0 Å². The smallest absolute Gasteiger partial charge is 0.462 e. The van der Waals surface area contributed by atoms with E-state index < -0.39 is 83.5 Å². The Labute approximate surface area is 391 Å². The largest absolute Gasteiger partial charge is 0.472 e. The summed E-state index contributed by atoms with van der Waals surface area (Å²) < 4.78 is 54.9. The Hall–Kier alpha value is -2.60. The maximum Gasteiger partial charge on any atom is 0.472 e. The number of carbonyl (C=O) groups excluding carboxylic acids is 2. The average molecular weight is 977 g/mol. The van der Waals surface area contributed by atoms with Gasteiger partial charge in [-0.3, -0.25) is 23.2 Å². The molecule has 0 aromatic carbocycles. The molecule has 1 saturated carbocycles. The molecule has 10 atom stereocenters. The zero-order chi connectivity index (χ0) is 48.6. The summed E-state index contributed by atoms with van der Waals surface area (Å²) in [6, 6.07) is 0. The van der Waals surface area contributed by atoms with E-state index in [4.69, 9.17) is 23.3 Å². The van der Waals surface area contributed by atoms with Crippen LogP contribution in [0.25, 0.3) is 0 Å². The predicted octanol–water partition coefficient (Wildman–Crippen LogP) is 7.83. The lowest BCUT2D eigenvalue weighted by Gasteiger charge is -2.43. The highest BCUT2D eigenvalue weighted by atomic mass is 31.2. The maximum atomic E-state index is 13.0. The third-order valence-electron chi connectivity index (χ3n) is 10.7. The molecule has 7 N–H and O–H groups in total. The SMILES string of the molecule is CC/C=C\CC1OC1C/C=C\C/C=C\C/C=C\C/C=C\CCC(=O)O[C@H](COC(=O)CCCCCCC/C=C\CCCCCC)COP(=O)(O)O[C@H]1C(O)C(O)C(O)[C@@H](OP(=O)(O)O)C1O. The first kappa shape index (κ1) is 59.5. The number of unbranched alkanes of at least 4 members (excludes halogenated alkanes) is 9. The highest BCUT2D eigenvalue weighted by Crippen LogP contribution is 2.49. The molecule has 378 valence electrons. The molecule has 0 bridgehead atoms. The zero-order valence-corrected chi connectivity index (χ0v) is 40.6. The van der Waals surface area contributed by atoms with Gasteiger partial charge < -0.3 is 49.3 Å². The van der Waals surface area contributed by atoms with Gasteiger partial charge in [-0.05, 0) is 77.0 Å². The molecule has 66 heavy (non-hydrogen) atoms. The second-order valence-electron chi connectivity index (χ2n) is 16.5. The van der Waals surface area contributed by atoms with Crippen LogP contribution in [-0.2, 0) is 46.5 Å². The number of carbonyl (C=O) groups is 2. The van der Waals surface area contributed by atoms with E-state index in [9.17, 15) is 53.8 Å². The Morgan fingerprint density at radius 2 is 1.08 bits per heavy atom. The van der Waals surface area contributed by atoms with E-state index in [2.05, 4.69) is 67.0 Å². The fraction of sp³-hybridized carbons (Fsp3) is 0.702. The standard InChI is InChI=1S/C47H78O17P2/c1-3-5-7-8-9-10-11-12-16-19-22-25-29-33-40(48)59-35-37(36-60-66(57,58)64-47-44(52)42(50)43(51)46(45(47)53)63-65(54,55)56)61-41(49)34-30-26-23-20-17-14-13-15-18-21-24-28-32-39-38(62-39)31-27-6-4-2/h6,10-11,14-15,17-18,23-24,26-28,37-39,42-47,50-53H,3-5,7-9,12-13,16,19-22,25,29-36H2,1-2H3,(H,57,58)(H2,54,55,56)/b11-10-,17-14-,18-15-,26-23-,27-6-,28-24-/t37-,38?,39?,42?,43?,44?,45?,46-,47+/m1/s1. The summed E-state index contributed by atoms with van der Waals surface area (Å²) in [6.07, 6.45) is 27.7. The molecule has 0 spiro atoms. The summed E-state index contributed by atoms with van der Waals surface area (Å²) >= 11 is 0. The van der Waals surface area contributed by atoms with Crippen molar-refractivity contribution < 1.29 is 81.6 Å². The number of ether oxygens (including phenoxy) is 3. The minimum absolute atomic E-state index is 0.0891. The lowest BCUT2D eigenvalue weighted by molar-refractivity contribution is -0.216. The topological polar surface area (TPSA) is 269 Å². The van der Waals surface area contributed by atoms with Crippen molar-refractivity contribution in [2.45, 2.75) is 197 Å². The van der Waals surface area contributed by atoms with Crippen LogP contribution in [0.1, 0.15) is 142 Å². The van der Waals surface area contributed by atoms with Crippen LogP contribution in [0.4, 0.5) is 0 Å². The fourth-order valence-electron chi connectivity index (χ4n) is 6.91. The van der Waals surface area contributed by atoms with E-state index in [0.29, 0.717) is 31.5 Å². The molecule has 0 radical (unpaired) electrons. The van der Waals surface area contributed by atoms with E-state index in [1.807, 2.05) is 18.2 Å². The van der Waals surface area contributed by atoms with Gasteiger partial charge >= 0.3 is 27.6 Å². The lowest BCUT2D eigenvalue weighted by atomic mass is 9.85. The third kappa shape index (κ3) is 28.0. The Morgan fingerprint density at radius 1 is 0.561 bits per heavy atom. The van der Waals surface area contributed by atoms with Crippen LogP contribution in [-0.4, -0.2) is 115 Å². The van der Waals surface area contributed by atoms with E-state index in [1.54, 1.807) is 6.08 Å². The van der Waals surface area contributed by atoms with Gasteiger partial charge in [0.25, 0.3) is 0 Å². The number of aliphatic hydroxyl groups excluding tert-OH is 4. The first-order valence-corrected chi connectivity index (χ1v) is 26.6. The van der Waals surface area contributed by atoms with Crippen molar-refractivity contribution in [3.63, 3.8) is 0 Å². The van der Waals surface area contributed by atoms with Gasteiger partial charge in [0, 0.05) is 12.8 Å². The summed E-state index contributed by atoms with van der Waals surface area (Å²) in [6.45, 7) is 2.89. The number of phosphoric acid groups is 2. The van der Waals surface area contributed by atoms with E-state index in [1.165, 1.54) is 25.7 Å². The van der Waals surface area contributed by atoms with Crippen LogP contribution in [0.5, 0.6) is 0 Å². The maximum absolute atomic E-state index is 13.0. The van der Waals surface area contributed by atoms with E-state index in [-0.39, 0.29) is 12.8 Å². The molecule has 17 nitrogen and oxygen atoms in total. The summed E-state index contributed by atoms with van der Waals surface area (Å²) in [5, 5.41) is 41.2. The van der Waals surface area contributed by atoms with Crippen molar-refractivity contribution >= 4 is 27.6 Å². The van der Waals surface area contributed by atoms with Crippen LogP contribution in [0.3, 0.4) is 0 Å². The van der Waals surface area contributed by atoms with E-state index >= 15 is 0 Å². The summed E-state index contributed by atoms with van der Waals surface area (Å²) in [5.74, 6) is -1.32. The van der Waals surface area contributed by atoms with Gasteiger partial charge in [-0.15, -0.1) is 0 Å². The summed E-state index contributed by atoms with van der Waals surface area (Å²) in [4.78, 5) is 54.2. The van der Waals surface area contributed by atoms with Crippen molar-refractivity contribution in [3.05, 3.63) is 72.9 Å². The van der Waals surface area contributed by atoms with Gasteiger partial charge in [-0.1, -0.05) is 125 Å². The number of phosphoric ester groups is 2. The second kappa shape index (κ2) is 34.6. The van der Waals surface area contributed by atoms with Crippen LogP contribution in [0.2, 0.25) is 0 Å². The van der Waals surface area contributed by atoms with Gasteiger partial charge in [-0.2, -0.15) is 0 Å². The first-order chi connectivity index (χ1) is 31.6. The molecular weight excluding hydrogens is 898 g/mol. The monoisotopic (exact) mass is 976 g/mol. The third-order valence-corrected chi connectivity index (χ3v) is 12.2. The van der Waals surface area contributed by atoms with Gasteiger partial charge in [-0.25, -0.2) is 9.13 Å². The fourth-order valence-corrected chi connectivity index (χ4v) is 8.45. The Bertz CT molecular complexity index is 1620. The lowest BCUT2D eigenvalue weighted by Crippen LogP contribution is -2.64.